The summed E-state index contributed by atoms with van der Waals surface area (Å²) in [5.41, 5.74) is 1.60. The fourth-order valence-corrected chi connectivity index (χ4v) is 3.31. The largest absolute Gasteiger partial charge is 0.374 e. The summed E-state index contributed by atoms with van der Waals surface area (Å²) in [5, 5.41) is 3.75. The molecule has 1 fully saturated rings. The molecule has 2 atom stereocenters. The monoisotopic (exact) mass is 280 g/mol. The van der Waals surface area contributed by atoms with Gasteiger partial charge in [0.05, 0.1) is 18.8 Å². The molecule has 0 aromatic carbocycles. The molecule has 0 bridgehead atoms. The third-order valence-corrected chi connectivity index (χ3v) is 4.57. The van der Waals surface area contributed by atoms with Crippen LogP contribution in [0.1, 0.15) is 52.9 Å². The molecule has 1 N–H and O–H groups in total. The molecule has 116 valence electrons. The van der Waals surface area contributed by atoms with Gasteiger partial charge in [-0.05, 0) is 52.5 Å². The smallest absolute Gasteiger partial charge is 0.0893 e. The van der Waals surface area contributed by atoms with E-state index in [9.17, 15) is 0 Å². The van der Waals surface area contributed by atoms with Gasteiger partial charge in [0.15, 0.2) is 0 Å². The summed E-state index contributed by atoms with van der Waals surface area (Å²) in [6, 6.07) is 1.05. The normalized spacial score (nSPS) is 26.6. The minimum atomic E-state index is 0.321. The van der Waals surface area contributed by atoms with Gasteiger partial charge < -0.3 is 10.1 Å². The zero-order valence-corrected chi connectivity index (χ0v) is 13.5. The molecule has 0 spiro atoms. The van der Waals surface area contributed by atoms with Gasteiger partial charge in [-0.25, -0.2) is 0 Å². The zero-order valence-electron chi connectivity index (χ0n) is 13.5. The van der Waals surface area contributed by atoms with Gasteiger partial charge in [0.1, 0.15) is 0 Å². The molecule has 2 rings (SSSR count). The standard InChI is InChI=1S/C17H32N2O/c1-4-10-18-17(15-8-6-5-7-9-15)16-13-19(14(2)3)11-12-20-16/h8,14,16-18H,4-7,9-13H2,1-3H3. The molecule has 3 nitrogen and oxygen atoms in total. The topological polar surface area (TPSA) is 24.5 Å². The van der Waals surface area contributed by atoms with E-state index in [1.807, 2.05) is 0 Å². The van der Waals surface area contributed by atoms with Crippen LogP contribution in [-0.2, 0) is 4.74 Å². The molecular weight excluding hydrogens is 248 g/mol. The Labute approximate surface area is 124 Å². The van der Waals surface area contributed by atoms with Gasteiger partial charge in [-0.1, -0.05) is 18.6 Å². The van der Waals surface area contributed by atoms with Crippen molar-refractivity contribution in [1.82, 2.24) is 10.2 Å². The van der Waals surface area contributed by atoms with Crippen molar-refractivity contribution in [2.45, 2.75) is 71.1 Å². The van der Waals surface area contributed by atoms with Crippen LogP contribution in [0.2, 0.25) is 0 Å². The maximum atomic E-state index is 6.13. The summed E-state index contributed by atoms with van der Waals surface area (Å²) in [5.74, 6) is 0. The summed E-state index contributed by atoms with van der Waals surface area (Å²) in [6.07, 6.45) is 9.17. The fraction of sp³-hybridized carbons (Fsp3) is 0.882. The average molecular weight is 280 g/mol. The van der Waals surface area contributed by atoms with Crippen molar-refractivity contribution in [3.05, 3.63) is 11.6 Å². The van der Waals surface area contributed by atoms with E-state index < -0.39 is 0 Å². The maximum Gasteiger partial charge on any atom is 0.0893 e. The number of hydrogen-bond acceptors (Lipinski definition) is 3. The Balaban J connectivity index is 2.03. The van der Waals surface area contributed by atoms with Crippen molar-refractivity contribution in [2.24, 2.45) is 0 Å². The highest BCUT2D eigenvalue weighted by Gasteiger charge is 2.31. The third-order valence-electron chi connectivity index (χ3n) is 4.57. The van der Waals surface area contributed by atoms with Gasteiger partial charge in [0, 0.05) is 19.1 Å². The van der Waals surface area contributed by atoms with E-state index in [4.69, 9.17) is 4.74 Å². The van der Waals surface area contributed by atoms with Gasteiger partial charge in [-0.2, -0.15) is 0 Å². The molecule has 0 saturated carbocycles. The number of ether oxygens (including phenoxy) is 1. The van der Waals surface area contributed by atoms with Gasteiger partial charge in [-0.3, -0.25) is 4.90 Å². The van der Waals surface area contributed by atoms with Crippen molar-refractivity contribution in [3.8, 4) is 0 Å². The van der Waals surface area contributed by atoms with Gasteiger partial charge >= 0.3 is 0 Å². The number of morpholine rings is 1. The average Bonchev–Trinajstić information content (AvgIpc) is 2.49. The van der Waals surface area contributed by atoms with E-state index in [0.29, 0.717) is 18.2 Å². The first-order chi connectivity index (χ1) is 9.72. The molecule has 2 aliphatic rings. The number of nitrogens with one attached hydrogen (secondary N) is 1. The molecule has 0 aromatic heterocycles. The van der Waals surface area contributed by atoms with Crippen LogP contribution in [0.25, 0.3) is 0 Å². The Kier molecular flexibility index (Phi) is 6.53. The van der Waals surface area contributed by atoms with E-state index >= 15 is 0 Å². The Morgan fingerprint density at radius 2 is 2.25 bits per heavy atom. The van der Waals surface area contributed by atoms with Crippen molar-refractivity contribution in [2.75, 3.05) is 26.2 Å². The molecular formula is C17H32N2O. The summed E-state index contributed by atoms with van der Waals surface area (Å²) in [7, 11) is 0. The molecule has 20 heavy (non-hydrogen) atoms. The molecule has 0 radical (unpaired) electrons. The Bertz CT molecular complexity index is 314. The zero-order chi connectivity index (χ0) is 14.4. The SMILES string of the molecule is CCCNC(C1=CCCCC1)C1CN(C(C)C)CCO1. The van der Waals surface area contributed by atoms with Gasteiger partial charge in [-0.15, -0.1) is 0 Å². The fourth-order valence-electron chi connectivity index (χ4n) is 3.31. The summed E-state index contributed by atoms with van der Waals surface area (Å²) in [4.78, 5) is 2.55. The highest BCUT2D eigenvalue weighted by atomic mass is 16.5. The quantitative estimate of drug-likeness (QED) is 0.757. The van der Waals surface area contributed by atoms with Crippen LogP contribution in [0.15, 0.2) is 11.6 Å². The predicted molar refractivity (Wildman–Crippen MR) is 85.1 cm³/mol. The van der Waals surface area contributed by atoms with Crippen molar-refractivity contribution < 1.29 is 4.74 Å². The highest BCUT2D eigenvalue weighted by Crippen LogP contribution is 2.25. The second-order valence-electron chi connectivity index (χ2n) is 6.45. The van der Waals surface area contributed by atoms with Crippen LogP contribution >= 0.6 is 0 Å². The van der Waals surface area contributed by atoms with Gasteiger partial charge in [0.25, 0.3) is 0 Å². The second kappa shape index (κ2) is 8.16. The number of allylic oxidation sites excluding steroid dienone is 1. The number of rotatable bonds is 6. The molecule has 3 heteroatoms. The summed E-state index contributed by atoms with van der Waals surface area (Å²) < 4.78 is 6.13. The lowest BCUT2D eigenvalue weighted by Crippen LogP contribution is -2.54. The Morgan fingerprint density at radius 1 is 1.40 bits per heavy atom. The van der Waals surface area contributed by atoms with Crippen molar-refractivity contribution >= 4 is 0 Å². The molecule has 1 aliphatic carbocycles. The van der Waals surface area contributed by atoms with E-state index in [0.717, 1.165) is 26.2 Å². The Hall–Kier alpha value is -0.380. The highest BCUT2D eigenvalue weighted by molar-refractivity contribution is 5.16. The van der Waals surface area contributed by atoms with Crippen LogP contribution < -0.4 is 5.32 Å². The molecule has 1 aliphatic heterocycles. The number of hydrogen-bond donors (Lipinski definition) is 1. The van der Waals surface area contributed by atoms with Gasteiger partial charge in [0.2, 0.25) is 0 Å². The summed E-state index contributed by atoms with van der Waals surface area (Å²) in [6.45, 7) is 10.9. The molecule has 0 aromatic rings. The van der Waals surface area contributed by atoms with Crippen LogP contribution in [-0.4, -0.2) is 49.3 Å². The van der Waals surface area contributed by atoms with E-state index in [1.165, 1.54) is 32.1 Å². The Morgan fingerprint density at radius 3 is 2.90 bits per heavy atom. The number of nitrogens with zero attached hydrogens (tertiary/aromatic N) is 1. The van der Waals surface area contributed by atoms with Crippen LogP contribution in [0.3, 0.4) is 0 Å². The molecule has 0 amide bonds. The van der Waals surface area contributed by atoms with Crippen LogP contribution in [0.5, 0.6) is 0 Å². The maximum absolute atomic E-state index is 6.13. The summed E-state index contributed by atoms with van der Waals surface area (Å²) >= 11 is 0. The lowest BCUT2D eigenvalue weighted by atomic mass is 9.90. The van der Waals surface area contributed by atoms with Crippen molar-refractivity contribution in [1.29, 1.82) is 0 Å². The first kappa shape index (κ1) is 16.0. The van der Waals surface area contributed by atoms with Crippen LogP contribution in [0.4, 0.5) is 0 Å². The lowest BCUT2D eigenvalue weighted by molar-refractivity contribution is -0.0503. The minimum Gasteiger partial charge on any atom is -0.374 e. The molecule has 1 saturated heterocycles. The van der Waals surface area contributed by atoms with Crippen LogP contribution in [0, 0.1) is 0 Å². The molecule has 1 heterocycles. The first-order valence-electron chi connectivity index (χ1n) is 8.50. The predicted octanol–water partition coefficient (Wildman–Crippen LogP) is 2.96. The second-order valence-corrected chi connectivity index (χ2v) is 6.45. The molecule has 2 unspecified atom stereocenters. The van der Waals surface area contributed by atoms with Crippen molar-refractivity contribution in [3.63, 3.8) is 0 Å². The minimum absolute atomic E-state index is 0.321. The van der Waals surface area contributed by atoms with E-state index in [1.54, 1.807) is 5.57 Å². The van der Waals surface area contributed by atoms with E-state index in [-0.39, 0.29) is 0 Å². The first-order valence-corrected chi connectivity index (χ1v) is 8.50. The lowest BCUT2D eigenvalue weighted by Gasteiger charge is -2.40. The third kappa shape index (κ3) is 4.31. The van der Waals surface area contributed by atoms with E-state index in [2.05, 4.69) is 37.1 Å².